The maximum atomic E-state index is 12.7. The van der Waals surface area contributed by atoms with Gasteiger partial charge < -0.3 is 25.4 Å². The zero-order valence-corrected chi connectivity index (χ0v) is 18.9. The molecule has 1 heterocycles. The number of nitrogens with one attached hydrogen (secondary N) is 3. The van der Waals surface area contributed by atoms with Crippen LogP contribution in [0.5, 0.6) is 0 Å². The van der Waals surface area contributed by atoms with Crippen LogP contribution in [0.25, 0.3) is 0 Å². The highest BCUT2D eigenvalue weighted by Gasteiger charge is 2.16. The molecular formula is C23H28N6O4. The Hall–Kier alpha value is -3.76. The van der Waals surface area contributed by atoms with Crippen LogP contribution in [-0.4, -0.2) is 46.4 Å². The van der Waals surface area contributed by atoms with E-state index in [-0.39, 0.29) is 11.7 Å². The van der Waals surface area contributed by atoms with Gasteiger partial charge in [0.15, 0.2) is 12.0 Å². The summed E-state index contributed by atoms with van der Waals surface area (Å²) in [7, 11) is 0. The van der Waals surface area contributed by atoms with Gasteiger partial charge >= 0.3 is 6.03 Å². The number of aromatic nitrogens is 3. The summed E-state index contributed by atoms with van der Waals surface area (Å²) in [5, 5.41) is 16.3. The van der Waals surface area contributed by atoms with Gasteiger partial charge in [0.05, 0.1) is 12.7 Å². The molecule has 0 unspecified atom stereocenters. The zero-order valence-electron chi connectivity index (χ0n) is 18.9. The van der Waals surface area contributed by atoms with Crippen LogP contribution in [0, 0.1) is 6.92 Å². The summed E-state index contributed by atoms with van der Waals surface area (Å²) in [6.45, 7) is 6.93. The number of urea groups is 1. The molecule has 3 N–H and O–H groups in total. The van der Waals surface area contributed by atoms with Gasteiger partial charge in [-0.2, -0.15) is 0 Å². The second kappa shape index (κ2) is 11.7. The van der Waals surface area contributed by atoms with Gasteiger partial charge in [0.1, 0.15) is 0 Å². The first-order valence-corrected chi connectivity index (χ1v) is 10.7. The average molecular weight is 453 g/mol. The summed E-state index contributed by atoms with van der Waals surface area (Å²) in [4.78, 5) is 25.0. The van der Waals surface area contributed by atoms with Crippen molar-refractivity contribution in [2.24, 2.45) is 0 Å². The third kappa shape index (κ3) is 7.13. The number of anilines is 3. The maximum absolute atomic E-state index is 12.7. The molecule has 0 aliphatic carbocycles. The highest BCUT2D eigenvalue weighted by Crippen LogP contribution is 2.21. The smallest absolute Gasteiger partial charge is 0.323 e. The van der Waals surface area contributed by atoms with Crippen molar-refractivity contribution in [2.45, 2.75) is 33.6 Å². The second-order valence-corrected chi connectivity index (χ2v) is 7.10. The van der Waals surface area contributed by atoms with E-state index in [9.17, 15) is 9.59 Å². The maximum Gasteiger partial charge on any atom is 0.323 e. The van der Waals surface area contributed by atoms with Crippen molar-refractivity contribution in [1.82, 2.24) is 15.0 Å². The molecule has 10 heteroatoms. The van der Waals surface area contributed by atoms with Crippen molar-refractivity contribution in [3.8, 4) is 0 Å². The minimum absolute atomic E-state index is 0.154. The van der Waals surface area contributed by atoms with Crippen LogP contribution < -0.4 is 16.0 Å². The molecule has 0 aliphatic rings. The molecule has 0 saturated heterocycles. The largest absolute Gasteiger partial charge is 0.351 e. The SMILES string of the molecule is CCOC(Cn1cc(C(=O)Nc2cc(NC(=O)Nc3ccccc3)ccc2C)nn1)OCC. The van der Waals surface area contributed by atoms with E-state index in [2.05, 4.69) is 26.3 Å². The van der Waals surface area contributed by atoms with Crippen molar-refractivity contribution >= 4 is 29.0 Å². The molecular weight excluding hydrogens is 424 g/mol. The van der Waals surface area contributed by atoms with Crippen LogP contribution in [0.3, 0.4) is 0 Å². The summed E-state index contributed by atoms with van der Waals surface area (Å²) in [5.74, 6) is -0.417. The number of para-hydroxylation sites is 1. The molecule has 1 aromatic heterocycles. The summed E-state index contributed by atoms with van der Waals surface area (Å²) in [5.41, 5.74) is 2.74. The number of amides is 3. The first kappa shape index (κ1) is 23.9. The normalized spacial score (nSPS) is 10.8. The summed E-state index contributed by atoms with van der Waals surface area (Å²) in [6, 6.07) is 14.0. The predicted octanol–water partition coefficient (Wildman–Crippen LogP) is 3.88. The van der Waals surface area contributed by atoms with E-state index in [1.54, 1.807) is 30.3 Å². The van der Waals surface area contributed by atoms with E-state index < -0.39 is 12.2 Å². The Labute approximate surface area is 192 Å². The van der Waals surface area contributed by atoms with Gasteiger partial charge in [-0.3, -0.25) is 4.79 Å². The van der Waals surface area contributed by atoms with E-state index in [0.717, 1.165) is 5.56 Å². The van der Waals surface area contributed by atoms with Crippen molar-refractivity contribution in [3.05, 3.63) is 66.0 Å². The van der Waals surface area contributed by atoms with Crippen molar-refractivity contribution in [3.63, 3.8) is 0 Å². The molecule has 0 bridgehead atoms. The van der Waals surface area contributed by atoms with Crippen molar-refractivity contribution in [1.29, 1.82) is 0 Å². The molecule has 0 aliphatic heterocycles. The Balaban J connectivity index is 1.62. The first-order chi connectivity index (χ1) is 16.0. The topological polar surface area (TPSA) is 119 Å². The lowest BCUT2D eigenvalue weighted by Crippen LogP contribution is -2.24. The molecule has 174 valence electrons. The number of carbonyl (C=O) groups is 2. The summed E-state index contributed by atoms with van der Waals surface area (Å²) in [6.07, 6.45) is 1.06. The molecule has 3 aromatic rings. The fraction of sp³-hybridized carbons (Fsp3) is 0.304. The monoisotopic (exact) mass is 452 g/mol. The van der Waals surface area contributed by atoms with Gasteiger partial charge in [0.2, 0.25) is 0 Å². The predicted molar refractivity (Wildman–Crippen MR) is 125 cm³/mol. The van der Waals surface area contributed by atoms with Crippen LogP contribution in [-0.2, 0) is 16.0 Å². The summed E-state index contributed by atoms with van der Waals surface area (Å²) < 4.78 is 12.5. The molecule has 0 fully saturated rings. The Bertz CT molecular complexity index is 1060. The second-order valence-electron chi connectivity index (χ2n) is 7.10. The Morgan fingerprint density at radius 2 is 1.67 bits per heavy atom. The van der Waals surface area contributed by atoms with Crippen molar-refractivity contribution < 1.29 is 19.1 Å². The highest BCUT2D eigenvalue weighted by atomic mass is 16.7. The molecule has 10 nitrogen and oxygen atoms in total. The quantitative estimate of drug-likeness (QED) is 0.402. The lowest BCUT2D eigenvalue weighted by molar-refractivity contribution is -0.145. The third-order valence-electron chi connectivity index (χ3n) is 4.59. The summed E-state index contributed by atoms with van der Waals surface area (Å²) >= 11 is 0. The molecule has 2 aromatic carbocycles. The number of hydrogen-bond donors (Lipinski definition) is 3. The fourth-order valence-electron chi connectivity index (χ4n) is 3.01. The molecule has 3 amide bonds. The van der Waals surface area contributed by atoms with Gasteiger partial charge in [0.25, 0.3) is 5.91 Å². The molecule has 0 saturated carbocycles. The van der Waals surface area contributed by atoms with Gasteiger partial charge in [-0.05, 0) is 50.6 Å². The van der Waals surface area contributed by atoms with E-state index >= 15 is 0 Å². The van der Waals surface area contributed by atoms with Gasteiger partial charge in [0, 0.05) is 30.3 Å². The van der Waals surface area contributed by atoms with Gasteiger partial charge in [-0.15, -0.1) is 5.10 Å². The van der Waals surface area contributed by atoms with Crippen LogP contribution in [0.15, 0.2) is 54.7 Å². The third-order valence-corrected chi connectivity index (χ3v) is 4.59. The standard InChI is InChI=1S/C23H28N6O4/c1-4-32-21(33-5-2)15-29-14-20(27-28-29)22(30)26-19-13-18(12-11-16(19)3)25-23(31)24-17-9-7-6-8-10-17/h6-14,21H,4-5,15H2,1-3H3,(H,26,30)(H2,24,25,31). The molecule has 33 heavy (non-hydrogen) atoms. The number of carbonyl (C=O) groups excluding carboxylic acids is 2. The van der Waals surface area contributed by atoms with Gasteiger partial charge in [-0.25, -0.2) is 9.48 Å². The molecule has 0 spiro atoms. The Morgan fingerprint density at radius 1 is 0.970 bits per heavy atom. The van der Waals surface area contributed by atoms with Gasteiger partial charge in [-0.1, -0.05) is 29.5 Å². The highest BCUT2D eigenvalue weighted by molar-refractivity contribution is 6.04. The average Bonchev–Trinajstić information content (AvgIpc) is 3.26. The molecule has 0 radical (unpaired) electrons. The number of rotatable bonds is 10. The first-order valence-electron chi connectivity index (χ1n) is 10.7. The zero-order chi connectivity index (χ0) is 23.6. The number of nitrogens with zero attached hydrogens (tertiary/aromatic N) is 3. The van der Waals surface area contributed by atoms with Crippen LogP contribution >= 0.6 is 0 Å². The van der Waals surface area contributed by atoms with Crippen LogP contribution in [0.2, 0.25) is 0 Å². The number of hydrogen-bond acceptors (Lipinski definition) is 6. The van der Waals surface area contributed by atoms with E-state index in [1.165, 1.54) is 10.9 Å². The molecule has 0 atom stereocenters. The Morgan fingerprint density at radius 3 is 2.36 bits per heavy atom. The van der Waals surface area contributed by atoms with E-state index in [4.69, 9.17) is 9.47 Å². The number of ether oxygens (including phenoxy) is 2. The minimum Gasteiger partial charge on any atom is -0.351 e. The van der Waals surface area contributed by atoms with Crippen LogP contribution in [0.1, 0.15) is 29.9 Å². The van der Waals surface area contributed by atoms with Crippen molar-refractivity contribution in [2.75, 3.05) is 29.2 Å². The molecule has 3 rings (SSSR count). The lowest BCUT2D eigenvalue weighted by Gasteiger charge is -2.16. The number of benzene rings is 2. The minimum atomic E-state index is -0.468. The number of aryl methyl sites for hydroxylation is 1. The fourth-order valence-corrected chi connectivity index (χ4v) is 3.01. The van der Waals surface area contributed by atoms with E-state index in [1.807, 2.05) is 39.0 Å². The Kier molecular flexibility index (Phi) is 8.50. The lowest BCUT2D eigenvalue weighted by atomic mass is 10.1. The van der Waals surface area contributed by atoms with Crippen LogP contribution in [0.4, 0.5) is 21.9 Å². The van der Waals surface area contributed by atoms with E-state index in [0.29, 0.717) is 36.8 Å².